The molecule has 1 amide bonds. The molecule has 0 aromatic heterocycles. The van der Waals surface area contributed by atoms with Crippen LogP contribution in [0.2, 0.25) is 0 Å². The van der Waals surface area contributed by atoms with E-state index in [0.717, 1.165) is 5.56 Å². The van der Waals surface area contributed by atoms with Gasteiger partial charge in [-0.25, -0.2) is 4.79 Å². The summed E-state index contributed by atoms with van der Waals surface area (Å²) in [6, 6.07) is 7.15. The maximum atomic E-state index is 13.1. The van der Waals surface area contributed by atoms with E-state index < -0.39 is 19.3 Å². The predicted molar refractivity (Wildman–Crippen MR) is 113 cm³/mol. The second-order valence-electron chi connectivity index (χ2n) is 7.75. The van der Waals surface area contributed by atoms with Gasteiger partial charge in [0, 0.05) is 11.7 Å². The summed E-state index contributed by atoms with van der Waals surface area (Å²) >= 11 is 0. The average Bonchev–Trinajstić information content (AvgIpc) is 2.55. The highest BCUT2D eigenvalue weighted by molar-refractivity contribution is 7.54. The molecule has 1 aromatic rings. The number of carbonyl (C=O) groups is 1. The number of hydrogen-bond acceptors (Lipinski definition) is 6. The summed E-state index contributed by atoms with van der Waals surface area (Å²) in [5.74, 6) is 0. The van der Waals surface area contributed by atoms with E-state index >= 15 is 0 Å². The van der Waals surface area contributed by atoms with Gasteiger partial charge in [0.2, 0.25) is 0 Å². The van der Waals surface area contributed by atoms with Crippen molar-refractivity contribution in [3.8, 4) is 0 Å². The van der Waals surface area contributed by atoms with Gasteiger partial charge in [-0.2, -0.15) is 0 Å². The Labute approximate surface area is 168 Å². The Balaban J connectivity index is 2.96. The number of ether oxygens (including phenoxy) is 1. The van der Waals surface area contributed by atoms with E-state index in [1.54, 1.807) is 13.8 Å². The summed E-state index contributed by atoms with van der Waals surface area (Å²) < 4.78 is 29.4. The molecule has 8 heteroatoms. The van der Waals surface area contributed by atoms with Crippen LogP contribution in [0, 0.1) is 0 Å². The lowest BCUT2D eigenvalue weighted by Gasteiger charge is -2.28. The number of nitrogens with two attached hydrogens (primary N) is 1. The molecule has 28 heavy (non-hydrogen) atoms. The number of rotatable bonds is 10. The Hall–Kier alpha value is -1.56. The second kappa shape index (κ2) is 10.8. The minimum absolute atomic E-state index is 0.295. The molecule has 2 atom stereocenters. The van der Waals surface area contributed by atoms with E-state index in [-0.39, 0.29) is 11.7 Å². The van der Waals surface area contributed by atoms with Crippen LogP contribution in [0.25, 0.3) is 0 Å². The van der Waals surface area contributed by atoms with Crippen molar-refractivity contribution < 1.29 is 23.1 Å². The number of alkyl carbamates (subject to hydrolysis) is 1. The predicted octanol–water partition coefficient (Wildman–Crippen LogP) is 4.75. The van der Waals surface area contributed by atoms with E-state index in [1.165, 1.54) is 0 Å². The lowest BCUT2D eigenvalue weighted by Crippen LogP contribution is -2.41. The number of carbonyl (C=O) groups excluding carboxylic acids is 1. The highest BCUT2D eigenvalue weighted by Crippen LogP contribution is 2.54. The lowest BCUT2D eigenvalue weighted by atomic mass is 10.0. The fourth-order valence-electron chi connectivity index (χ4n) is 2.80. The van der Waals surface area contributed by atoms with Crippen LogP contribution in [0.5, 0.6) is 0 Å². The summed E-state index contributed by atoms with van der Waals surface area (Å²) in [5, 5.41) is 2.90. The zero-order chi connectivity index (χ0) is 21.4. The minimum atomic E-state index is -3.27. The molecule has 0 aliphatic heterocycles. The zero-order valence-electron chi connectivity index (χ0n) is 17.9. The third kappa shape index (κ3) is 8.63. The summed E-state index contributed by atoms with van der Waals surface area (Å²) in [4.78, 5) is 12.3. The standard InChI is InChI=1S/C20H35N2O5P/c1-7-25-28(24,26-8-2)15(3)13-18(22-19(23)27-20(4,5)6)14-16-9-11-17(21)12-10-16/h9-12,15,18H,7-8,13-14,21H2,1-6H3,(H,22,23)/t15-,18-/m1/s1. The van der Waals surface area contributed by atoms with Crippen LogP contribution in [0.15, 0.2) is 24.3 Å². The van der Waals surface area contributed by atoms with E-state index in [1.807, 2.05) is 52.0 Å². The molecular weight excluding hydrogens is 379 g/mol. The third-order valence-corrected chi connectivity index (χ3v) is 6.49. The fourth-order valence-corrected chi connectivity index (χ4v) is 4.61. The smallest absolute Gasteiger partial charge is 0.407 e. The first-order valence-corrected chi connectivity index (χ1v) is 11.3. The molecule has 160 valence electrons. The topological polar surface area (TPSA) is 99.9 Å². The molecule has 0 spiro atoms. The Kier molecular flexibility index (Phi) is 9.48. The van der Waals surface area contributed by atoms with Gasteiger partial charge in [-0.05, 0) is 65.2 Å². The van der Waals surface area contributed by atoms with Crippen LogP contribution >= 0.6 is 7.60 Å². The van der Waals surface area contributed by atoms with Crippen LogP contribution in [0.1, 0.15) is 53.5 Å². The first kappa shape index (κ1) is 24.5. The van der Waals surface area contributed by atoms with Gasteiger partial charge in [-0.1, -0.05) is 19.1 Å². The van der Waals surface area contributed by atoms with Crippen molar-refractivity contribution in [1.29, 1.82) is 0 Å². The van der Waals surface area contributed by atoms with Gasteiger partial charge in [0.15, 0.2) is 0 Å². The van der Waals surface area contributed by atoms with Gasteiger partial charge >= 0.3 is 13.7 Å². The third-order valence-electron chi connectivity index (χ3n) is 3.97. The van der Waals surface area contributed by atoms with E-state index in [9.17, 15) is 9.36 Å². The highest BCUT2D eigenvalue weighted by Gasteiger charge is 2.34. The van der Waals surface area contributed by atoms with Crippen molar-refractivity contribution in [2.45, 2.75) is 71.7 Å². The molecule has 0 saturated heterocycles. The van der Waals surface area contributed by atoms with Crippen molar-refractivity contribution in [3.63, 3.8) is 0 Å². The molecule has 0 aliphatic rings. The fraction of sp³-hybridized carbons (Fsp3) is 0.650. The molecule has 1 aromatic carbocycles. The van der Waals surface area contributed by atoms with Crippen LogP contribution in [-0.2, 0) is 24.8 Å². The number of anilines is 1. The zero-order valence-corrected chi connectivity index (χ0v) is 18.8. The number of nitrogen functional groups attached to an aromatic ring is 1. The maximum absolute atomic E-state index is 13.1. The molecule has 0 fully saturated rings. The summed E-state index contributed by atoms with van der Waals surface area (Å²) in [6.45, 7) is 11.4. The Morgan fingerprint density at radius 1 is 1.14 bits per heavy atom. The van der Waals surface area contributed by atoms with Crippen LogP contribution < -0.4 is 11.1 Å². The van der Waals surface area contributed by atoms with Crippen molar-refractivity contribution in [2.24, 2.45) is 0 Å². The Bertz CT molecular complexity index is 648. The lowest BCUT2D eigenvalue weighted by molar-refractivity contribution is 0.0500. The Morgan fingerprint density at radius 2 is 1.68 bits per heavy atom. The molecule has 0 unspecified atom stereocenters. The van der Waals surface area contributed by atoms with Gasteiger partial charge in [0.25, 0.3) is 0 Å². The van der Waals surface area contributed by atoms with E-state index in [2.05, 4.69) is 5.32 Å². The number of hydrogen-bond donors (Lipinski definition) is 2. The molecule has 3 N–H and O–H groups in total. The van der Waals surface area contributed by atoms with Crippen LogP contribution in [0.3, 0.4) is 0 Å². The van der Waals surface area contributed by atoms with Crippen LogP contribution in [-0.4, -0.2) is 36.6 Å². The van der Waals surface area contributed by atoms with Crippen molar-refractivity contribution in [3.05, 3.63) is 29.8 Å². The van der Waals surface area contributed by atoms with Gasteiger partial charge in [-0.15, -0.1) is 0 Å². The SMILES string of the molecule is CCOP(=O)(OCC)[C@H](C)C[C@H](Cc1ccc(N)cc1)NC(=O)OC(C)(C)C. The normalized spacial score (nSPS) is 14.4. The van der Waals surface area contributed by atoms with E-state index in [4.69, 9.17) is 19.5 Å². The molecule has 0 saturated carbocycles. The highest BCUT2D eigenvalue weighted by atomic mass is 31.2. The monoisotopic (exact) mass is 414 g/mol. The average molecular weight is 414 g/mol. The molecule has 0 radical (unpaired) electrons. The number of amides is 1. The van der Waals surface area contributed by atoms with Gasteiger partial charge < -0.3 is 24.8 Å². The summed E-state index contributed by atoms with van der Waals surface area (Å²) in [7, 11) is -3.27. The second-order valence-corrected chi connectivity index (χ2v) is 10.2. The summed E-state index contributed by atoms with van der Waals surface area (Å²) in [5.41, 5.74) is 6.44. The maximum Gasteiger partial charge on any atom is 0.407 e. The van der Waals surface area contributed by atoms with Crippen molar-refractivity contribution in [1.82, 2.24) is 5.32 Å². The number of benzene rings is 1. The van der Waals surface area contributed by atoms with Crippen molar-refractivity contribution >= 4 is 19.4 Å². The molecule has 7 nitrogen and oxygen atoms in total. The van der Waals surface area contributed by atoms with Gasteiger partial charge in [-0.3, -0.25) is 4.57 Å². The molecular formula is C20H35N2O5P. The van der Waals surface area contributed by atoms with Gasteiger partial charge in [0.1, 0.15) is 5.60 Å². The van der Waals surface area contributed by atoms with Crippen molar-refractivity contribution in [2.75, 3.05) is 18.9 Å². The minimum Gasteiger partial charge on any atom is -0.444 e. The molecule has 0 bridgehead atoms. The quantitative estimate of drug-likeness (QED) is 0.423. The summed E-state index contributed by atoms with van der Waals surface area (Å²) in [6.07, 6.45) is 0.450. The first-order chi connectivity index (χ1) is 13.0. The molecule has 0 aliphatic carbocycles. The molecule has 1 rings (SSSR count). The molecule has 0 heterocycles. The van der Waals surface area contributed by atoms with E-state index in [0.29, 0.717) is 31.7 Å². The Morgan fingerprint density at radius 3 is 2.14 bits per heavy atom. The number of nitrogens with one attached hydrogen (secondary N) is 1. The largest absolute Gasteiger partial charge is 0.444 e. The van der Waals surface area contributed by atoms with Crippen LogP contribution in [0.4, 0.5) is 10.5 Å². The first-order valence-electron chi connectivity index (χ1n) is 9.71. The van der Waals surface area contributed by atoms with Gasteiger partial charge in [0.05, 0.1) is 18.9 Å².